The lowest BCUT2D eigenvalue weighted by Crippen LogP contribution is -2.42. The molecule has 2 aromatic rings. The van der Waals surface area contributed by atoms with Gasteiger partial charge in [0.15, 0.2) is 0 Å². The van der Waals surface area contributed by atoms with Gasteiger partial charge < -0.3 is 20.3 Å². The quantitative estimate of drug-likeness (QED) is 0.500. The van der Waals surface area contributed by atoms with Crippen molar-refractivity contribution in [3.63, 3.8) is 0 Å². The predicted molar refractivity (Wildman–Crippen MR) is 128 cm³/mol. The van der Waals surface area contributed by atoms with Gasteiger partial charge >= 0.3 is 0 Å². The van der Waals surface area contributed by atoms with Gasteiger partial charge in [0.25, 0.3) is 5.91 Å². The van der Waals surface area contributed by atoms with Crippen molar-refractivity contribution in [1.82, 2.24) is 10.2 Å². The normalized spacial score (nSPS) is 15.0. The van der Waals surface area contributed by atoms with Gasteiger partial charge in [-0.25, -0.2) is 8.78 Å². The van der Waals surface area contributed by atoms with E-state index in [1.807, 2.05) is 32.0 Å². The van der Waals surface area contributed by atoms with Crippen LogP contribution in [0.4, 0.5) is 14.5 Å². The van der Waals surface area contributed by atoms with Crippen molar-refractivity contribution < 1.29 is 27.9 Å². The smallest absolute Gasteiger partial charge is 0.254 e. The number of ether oxygens (including phenoxy) is 1. The number of anilines is 1. The van der Waals surface area contributed by atoms with E-state index in [9.17, 15) is 23.2 Å². The molecule has 0 aromatic heterocycles. The van der Waals surface area contributed by atoms with Crippen LogP contribution in [0.5, 0.6) is 0 Å². The van der Waals surface area contributed by atoms with Crippen LogP contribution in [0.15, 0.2) is 36.4 Å². The Kier molecular flexibility index (Phi) is 9.31. The molecule has 0 bridgehead atoms. The molecule has 9 heteroatoms. The van der Waals surface area contributed by atoms with Crippen LogP contribution >= 0.6 is 0 Å². The Morgan fingerprint density at radius 2 is 1.94 bits per heavy atom. The number of benzene rings is 2. The summed E-state index contributed by atoms with van der Waals surface area (Å²) >= 11 is 0. The Hall–Kier alpha value is -3.33. The maximum Gasteiger partial charge on any atom is 0.254 e. The van der Waals surface area contributed by atoms with Gasteiger partial charge in [0.05, 0.1) is 18.2 Å². The van der Waals surface area contributed by atoms with Crippen LogP contribution in [0.3, 0.4) is 0 Å². The largest absolute Gasteiger partial charge is 0.376 e. The highest BCUT2D eigenvalue weighted by Crippen LogP contribution is 2.19. The number of rotatable bonds is 10. The van der Waals surface area contributed by atoms with E-state index in [2.05, 4.69) is 10.6 Å². The minimum Gasteiger partial charge on any atom is -0.376 e. The van der Waals surface area contributed by atoms with Gasteiger partial charge in [-0.05, 0) is 62.4 Å². The van der Waals surface area contributed by atoms with Gasteiger partial charge in [0, 0.05) is 37.9 Å². The zero-order valence-corrected chi connectivity index (χ0v) is 20.0. The summed E-state index contributed by atoms with van der Waals surface area (Å²) in [5, 5.41) is 5.41. The lowest BCUT2D eigenvalue weighted by Gasteiger charge is -2.25. The molecule has 1 aliphatic heterocycles. The SMILES string of the molecule is Cc1cccc(NC(=O)CN(CC2CCCO2)C(=O)CCCNC(=O)c2ccc(F)cc2F)c1C. The second-order valence-electron chi connectivity index (χ2n) is 8.69. The molecule has 1 saturated heterocycles. The van der Waals surface area contributed by atoms with Crippen molar-refractivity contribution in [3.8, 4) is 0 Å². The Balaban J connectivity index is 1.53. The van der Waals surface area contributed by atoms with Crippen LogP contribution in [0.25, 0.3) is 0 Å². The molecular weight excluding hydrogens is 456 g/mol. The number of carbonyl (C=O) groups is 3. The summed E-state index contributed by atoms with van der Waals surface area (Å²) in [6.07, 6.45) is 2.01. The molecule has 7 nitrogen and oxygen atoms in total. The van der Waals surface area contributed by atoms with Gasteiger partial charge in [-0.3, -0.25) is 14.4 Å². The number of halogens is 2. The molecule has 3 amide bonds. The summed E-state index contributed by atoms with van der Waals surface area (Å²) in [6, 6.07) is 8.36. The number of carbonyl (C=O) groups excluding carboxylic acids is 3. The van der Waals surface area contributed by atoms with Gasteiger partial charge in [0.2, 0.25) is 11.8 Å². The predicted octanol–water partition coefficient (Wildman–Crippen LogP) is 3.74. The number of nitrogens with one attached hydrogen (secondary N) is 2. The number of nitrogens with zero attached hydrogens (tertiary/aromatic N) is 1. The maximum atomic E-state index is 13.8. The molecule has 3 rings (SSSR count). The third-order valence-corrected chi connectivity index (χ3v) is 6.04. The highest BCUT2D eigenvalue weighted by molar-refractivity contribution is 5.95. The first kappa shape index (κ1) is 26.3. The first-order valence-electron chi connectivity index (χ1n) is 11.7. The molecule has 2 aromatic carbocycles. The minimum absolute atomic E-state index is 0.0929. The van der Waals surface area contributed by atoms with Gasteiger partial charge in [0.1, 0.15) is 11.6 Å². The molecule has 1 atom stereocenters. The molecule has 1 aliphatic rings. The van der Waals surface area contributed by atoms with E-state index in [0.29, 0.717) is 31.3 Å². The van der Waals surface area contributed by atoms with E-state index in [1.165, 1.54) is 4.90 Å². The standard InChI is InChI=1S/C26H31F2N3O4/c1-17-6-3-8-23(18(17)2)30-24(32)16-31(15-20-7-5-13-35-20)25(33)9-4-12-29-26(34)21-11-10-19(27)14-22(21)28/h3,6,8,10-11,14,20H,4-5,7,9,12-13,15-16H2,1-2H3,(H,29,34)(H,30,32). The van der Waals surface area contributed by atoms with Crippen LogP contribution in [0, 0.1) is 25.5 Å². The van der Waals surface area contributed by atoms with Crippen LogP contribution in [0.2, 0.25) is 0 Å². The average molecular weight is 488 g/mol. The third kappa shape index (κ3) is 7.58. The van der Waals surface area contributed by atoms with E-state index < -0.39 is 17.5 Å². The van der Waals surface area contributed by atoms with Crippen LogP contribution < -0.4 is 10.6 Å². The lowest BCUT2D eigenvalue weighted by molar-refractivity contribution is -0.136. The van der Waals surface area contributed by atoms with Crippen molar-refractivity contribution in [2.24, 2.45) is 0 Å². The summed E-state index contributed by atoms with van der Waals surface area (Å²) in [5.74, 6) is -2.93. The molecule has 1 fully saturated rings. The Morgan fingerprint density at radius 1 is 1.14 bits per heavy atom. The third-order valence-electron chi connectivity index (χ3n) is 6.04. The summed E-state index contributed by atoms with van der Waals surface area (Å²) in [5.41, 5.74) is 2.46. The van der Waals surface area contributed by atoms with Crippen LogP contribution in [0.1, 0.15) is 47.2 Å². The van der Waals surface area contributed by atoms with E-state index in [4.69, 9.17) is 4.74 Å². The first-order chi connectivity index (χ1) is 16.7. The molecule has 35 heavy (non-hydrogen) atoms. The van der Waals surface area contributed by atoms with E-state index in [1.54, 1.807) is 0 Å². The molecule has 0 aliphatic carbocycles. The van der Waals surface area contributed by atoms with Crippen molar-refractivity contribution in [3.05, 3.63) is 64.7 Å². The maximum absolute atomic E-state index is 13.8. The Morgan fingerprint density at radius 3 is 2.66 bits per heavy atom. The molecule has 188 valence electrons. The molecule has 2 N–H and O–H groups in total. The number of amides is 3. The van der Waals surface area contributed by atoms with E-state index in [-0.39, 0.29) is 43.0 Å². The fourth-order valence-corrected chi connectivity index (χ4v) is 3.91. The molecule has 0 saturated carbocycles. The van der Waals surface area contributed by atoms with Crippen molar-refractivity contribution in [1.29, 1.82) is 0 Å². The van der Waals surface area contributed by atoms with Crippen LogP contribution in [-0.2, 0) is 14.3 Å². The minimum atomic E-state index is -0.948. The summed E-state index contributed by atoms with van der Waals surface area (Å²) in [7, 11) is 0. The number of aryl methyl sites for hydroxylation is 1. The molecule has 0 radical (unpaired) electrons. The fraction of sp³-hybridized carbons (Fsp3) is 0.423. The monoisotopic (exact) mass is 487 g/mol. The highest BCUT2D eigenvalue weighted by atomic mass is 19.1. The zero-order chi connectivity index (χ0) is 25.4. The van der Waals surface area contributed by atoms with Crippen molar-refractivity contribution in [2.75, 3.05) is 31.6 Å². The van der Waals surface area contributed by atoms with Crippen molar-refractivity contribution >= 4 is 23.4 Å². The molecular formula is C26H31F2N3O4. The first-order valence-corrected chi connectivity index (χ1v) is 11.7. The highest BCUT2D eigenvalue weighted by Gasteiger charge is 2.24. The fourth-order valence-electron chi connectivity index (χ4n) is 3.91. The topological polar surface area (TPSA) is 87.7 Å². The number of hydrogen-bond acceptors (Lipinski definition) is 4. The summed E-state index contributed by atoms with van der Waals surface area (Å²) < 4.78 is 32.4. The van der Waals surface area contributed by atoms with Crippen LogP contribution in [-0.4, -0.2) is 55.0 Å². The summed E-state index contributed by atoms with van der Waals surface area (Å²) in [4.78, 5) is 39.3. The van der Waals surface area contributed by atoms with Crippen molar-refractivity contribution in [2.45, 2.75) is 45.6 Å². The second-order valence-corrected chi connectivity index (χ2v) is 8.69. The average Bonchev–Trinajstić information content (AvgIpc) is 3.32. The van der Waals surface area contributed by atoms with Gasteiger partial charge in [-0.15, -0.1) is 0 Å². The van der Waals surface area contributed by atoms with Gasteiger partial charge in [-0.2, -0.15) is 0 Å². The Labute approximate surface area is 203 Å². The Bertz CT molecular complexity index is 1070. The molecule has 1 heterocycles. The number of hydrogen-bond donors (Lipinski definition) is 2. The zero-order valence-electron chi connectivity index (χ0n) is 20.0. The molecule has 0 spiro atoms. The molecule has 1 unspecified atom stereocenters. The van der Waals surface area contributed by atoms with E-state index >= 15 is 0 Å². The second kappa shape index (κ2) is 12.4. The van der Waals surface area contributed by atoms with E-state index in [0.717, 1.165) is 36.1 Å². The summed E-state index contributed by atoms with van der Waals surface area (Å²) in [6.45, 7) is 4.84. The van der Waals surface area contributed by atoms with Gasteiger partial charge in [-0.1, -0.05) is 12.1 Å². The lowest BCUT2D eigenvalue weighted by atomic mass is 10.1.